The van der Waals surface area contributed by atoms with E-state index < -0.39 is 0 Å². The van der Waals surface area contributed by atoms with Gasteiger partial charge >= 0.3 is 0 Å². The van der Waals surface area contributed by atoms with Crippen molar-refractivity contribution in [2.24, 2.45) is 0 Å². The first-order chi connectivity index (χ1) is 31.9. The van der Waals surface area contributed by atoms with Gasteiger partial charge in [-0.25, -0.2) is 0 Å². The first-order valence-electron chi connectivity index (χ1n) is 22.4. The summed E-state index contributed by atoms with van der Waals surface area (Å²) in [5, 5.41) is 33.0. The molecule has 5 heteroatoms. The van der Waals surface area contributed by atoms with Crippen LogP contribution in [0, 0.1) is 22.7 Å². The summed E-state index contributed by atoms with van der Waals surface area (Å²) in [7, 11) is 0. The average molecular weight is 834 g/mol. The number of rotatable bonds is 6. The van der Waals surface area contributed by atoms with E-state index in [1.165, 1.54) is 11.1 Å². The number of aromatic nitrogens is 3. The molecule has 0 saturated heterocycles. The van der Waals surface area contributed by atoms with E-state index in [4.69, 9.17) is 0 Å². The van der Waals surface area contributed by atoms with E-state index in [9.17, 15) is 10.5 Å². The third-order valence-corrected chi connectivity index (χ3v) is 13.7. The van der Waals surface area contributed by atoms with Gasteiger partial charge in [0.05, 0.1) is 50.2 Å². The third-order valence-electron chi connectivity index (χ3n) is 13.7. The summed E-state index contributed by atoms with van der Waals surface area (Å²) in [6, 6.07) is 67.9. The number of para-hydroxylation sites is 4. The number of hydrogen-bond acceptors (Lipinski definition) is 2. The van der Waals surface area contributed by atoms with Crippen molar-refractivity contribution in [3.8, 4) is 40.3 Å². The highest BCUT2D eigenvalue weighted by molar-refractivity contribution is 6.15. The zero-order chi connectivity index (χ0) is 44.1. The van der Waals surface area contributed by atoms with Crippen molar-refractivity contribution < 1.29 is 0 Å². The lowest BCUT2D eigenvalue weighted by Gasteiger charge is -2.26. The molecule has 0 aliphatic heterocycles. The van der Waals surface area contributed by atoms with Crippen LogP contribution in [0.1, 0.15) is 61.8 Å². The molecule has 3 aromatic heterocycles. The summed E-state index contributed by atoms with van der Waals surface area (Å²) in [6.45, 7) is 8.90. The van der Waals surface area contributed by atoms with Crippen molar-refractivity contribution in [2.75, 3.05) is 0 Å². The highest BCUT2D eigenvalue weighted by atomic mass is 15.1. The zero-order valence-electron chi connectivity index (χ0n) is 36.6. The molecule has 0 fully saturated rings. The van der Waals surface area contributed by atoms with E-state index in [-0.39, 0.29) is 0 Å². The Morgan fingerprint density at radius 3 is 1.14 bits per heavy atom. The van der Waals surface area contributed by atoms with Crippen LogP contribution in [0.15, 0.2) is 176 Å². The van der Waals surface area contributed by atoms with Crippen LogP contribution >= 0.6 is 0 Å². The van der Waals surface area contributed by atoms with Crippen LogP contribution in [0.3, 0.4) is 0 Å². The number of nitrogens with zero attached hydrogens (tertiary/aromatic N) is 5. The highest BCUT2D eigenvalue weighted by Gasteiger charge is 2.33. The Hall–Kier alpha value is -8.38. The number of fused-ring (bicyclic) bond motifs is 10. The van der Waals surface area contributed by atoms with E-state index in [0.717, 1.165) is 98.7 Å². The Kier molecular flexibility index (Phi) is 8.60. The van der Waals surface area contributed by atoms with E-state index in [1.54, 1.807) is 0 Å². The monoisotopic (exact) mass is 833 g/mol. The van der Waals surface area contributed by atoms with Crippen molar-refractivity contribution >= 4 is 76.2 Å². The van der Waals surface area contributed by atoms with Gasteiger partial charge in [-0.3, -0.25) is 0 Å². The van der Waals surface area contributed by atoms with E-state index in [2.05, 4.69) is 229 Å². The minimum atomic E-state index is 0.306. The maximum Gasteiger partial charge on any atom is 0.104 e. The molecule has 3 heterocycles. The Balaban J connectivity index is 1.40. The first kappa shape index (κ1) is 38.3. The SMILES string of the molecule is CC(C)c1ccc2c(c1)c1cc(C(C)C)ccc1n2-c1c(C#N)c(-n2c3ccccc3c3ccccc32)c(-c2ccc3ccccc3c2)c(-n2c3ccccc3c3ccccc32)c1C#N. The van der Waals surface area contributed by atoms with Crippen LogP contribution < -0.4 is 0 Å². The molecule has 9 aromatic carbocycles. The molecule has 12 rings (SSSR count). The maximum absolute atomic E-state index is 12.2. The van der Waals surface area contributed by atoms with Gasteiger partial charge in [-0.2, -0.15) is 10.5 Å². The summed E-state index contributed by atoms with van der Waals surface area (Å²) in [6.07, 6.45) is 0. The van der Waals surface area contributed by atoms with Crippen molar-refractivity contribution in [2.45, 2.75) is 39.5 Å². The summed E-state index contributed by atoms with van der Waals surface area (Å²) in [5.74, 6) is 0.612. The molecule has 0 atom stereocenters. The van der Waals surface area contributed by atoms with E-state index >= 15 is 0 Å². The Morgan fingerprint density at radius 2 is 0.723 bits per heavy atom. The summed E-state index contributed by atoms with van der Waals surface area (Å²) in [5.41, 5.74) is 12.8. The largest absolute Gasteiger partial charge is 0.307 e. The molecule has 0 bridgehead atoms. The van der Waals surface area contributed by atoms with Gasteiger partial charge in [0.15, 0.2) is 0 Å². The molecule has 308 valence electrons. The average Bonchev–Trinajstić information content (AvgIpc) is 3.98. The van der Waals surface area contributed by atoms with Gasteiger partial charge in [-0.15, -0.1) is 0 Å². The fraction of sp³-hybridized carbons (Fsp3) is 0.100. The summed E-state index contributed by atoms with van der Waals surface area (Å²) in [4.78, 5) is 0. The lowest BCUT2D eigenvalue weighted by atomic mass is 9.90. The molecule has 0 aliphatic rings. The predicted octanol–water partition coefficient (Wildman–Crippen LogP) is 15.8. The predicted molar refractivity (Wildman–Crippen MR) is 270 cm³/mol. The molecule has 0 N–H and O–H groups in total. The van der Waals surface area contributed by atoms with Crippen LogP contribution in [-0.4, -0.2) is 13.7 Å². The van der Waals surface area contributed by atoms with Crippen molar-refractivity contribution in [1.82, 2.24) is 13.7 Å². The van der Waals surface area contributed by atoms with Crippen molar-refractivity contribution in [1.29, 1.82) is 10.5 Å². The van der Waals surface area contributed by atoms with Crippen LogP contribution in [0.5, 0.6) is 0 Å². The lowest BCUT2D eigenvalue weighted by molar-refractivity contribution is 0.868. The molecule has 0 spiro atoms. The minimum absolute atomic E-state index is 0.306. The molecule has 0 radical (unpaired) electrons. The molecule has 0 amide bonds. The van der Waals surface area contributed by atoms with Crippen LogP contribution in [0.2, 0.25) is 0 Å². The first-order valence-corrected chi connectivity index (χ1v) is 22.4. The van der Waals surface area contributed by atoms with Crippen LogP contribution in [0.25, 0.3) is 104 Å². The summed E-state index contributed by atoms with van der Waals surface area (Å²) < 4.78 is 6.80. The number of nitriles is 2. The molecule has 65 heavy (non-hydrogen) atoms. The van der Waals surface area contributed by atoms with Crippen LogP contribution in [0.4, 0.5) is 0 Å². The van der Waals surface area contributed by atoms with E-state index in [1.807, 2.05) is 0 Å². The number of hydrogen-bond donors (Lipinski definition) is 0. The fourth-order valence-electron chi connectivity index (χ4n) is 10.6. The van der Waals surface area contributed by atoms with Gasteiger partial charge in [-0.1, -0.05) is 149 Å². The molecular weight excluding hydrogens is 791 g/mol. The normalized spacial score (nSPS) is 11.9. The molecule has 0 aliphatic carbocycles. The second-order valence-electron chi connectivity index (χ2n) is 17.9. The van der Waals surface area contributed by atoms with Gasteiger partial charge in [0.25, 0.3) is 0 Å². The molecule has 5 nitrogen and oxygen atoms in total. The Labute approximate surface area is 376 Å². The Bertz CT molecular complexity index is 3720. The van der Waals surface area contributed by atoms with Gasteiger partial charge in [0.2, 0.25) is 0 Å². The Morgan fingerprint density at radius 1 is 0.354 bits per heavy atom. The third kappa shape index (κ3) is 5.56. The van der Waals surface area contributed by atoms with Gasteiger partial charge in [0, 0.05) is 37.9 Å². The van der Waals surface area contributed by atoms with Crippen molar-refractivity contribution in [3.05, 3.63) is 198 Å². The lowest BCUT2D eigenvalue weighted by Crippen LogP contribution is -2.14. The minimum Gasteiger partial charge on any atom is -0.307 e. The second kappa shape index (κ2) is 14.6. The molecule has 0 saturated carbocycles. The topological polar surface area (TPSA) is 62.4 Å². The zero-order valence-corrected chi connectivity index (χ0v) is 36.6. The van der Waals surface area contributed by atoms with E-state index in [0.29, 0.717) is 28.7 Å². The molecule has 0 unspecified atom stereocenters. The smallest absolute Gasteiger partial charge is 0.104 e. The van der Waals surface area contributed by atoms with Gasteiger partial charge in [0.1, 0.15) is 23.3 Å². The standard InChI is InChI=1S/C60H43N5/c1-36(2)39-27-29-55-47(32-39)48-33-40(37(3)4)28-30-56(48)63(55)58-49(34-61)59(64-51-21-11-7-17-43(51)44-18-8-12-22-52(44)64)57(42-26-25-38-15-5-6-16-41(38)31-42)60(50(58)35-62)65-53-23-13-9-19-45(53)46-20-10-14-24-54(46)65/h5-33,36-37H,1-4H3. The quantitative estimate of drug-likeness (QED) is 0.167. The molecule has 12 aromatic rings. The second-order valence-corrected chi connectivity index (χ2v) is 17.9. The van der Waals surface area contributed by atoms with Crippen LogP contribution in [-0.2, 0) is 0 Å². The van der Waals surface area contributed by atoms with Gasteiger partial charge in [-0.05, 0) is 93.9 Å². The number of benzene rings is 9. The van der Waals surface area contributed by atoms with Gasteiger partial charge < -0.3 is 13.7 Å². The van der Waals surface area contributed by atoms with Crippen molar-refractivity contribution in [3.63, 3.8) is 0 Å². The molecular formula is C60H43N5. The fourth-order valence-corrected chi connectivity index (χ4v) is 10.6. The maximum atomic E-state index is 12.2. The summed E-state index contributed by atoms with van der Waals surface area (Å²) >= 11 is 0. The highest BCUT2D eigenvalue weighted by Crippen LogP contribution is 2.49.